The number of carbonyl (C=O) groups is 2. The van der Waals surface area contributed by atoms with E-state index >= 15 is 0 Å². The highest BCUT2D eigenvalue weighted by molar-refractivity contribution is 5.82. The summed E-state index contributed by atoms with van der Waals surface area (Å²) in [7, 11) is 0. The topological polar surface area (TPSA) is 87.7 Å². The lowest BCUT2D eigenvalue weighted by Crippen LogP contribution is -2.53. The highest BCUT2D eigenvalue weighted by atomic mass is 16.5. The van der Waals surface area contributed by atoms with Gasteiger partial charge in [-0.3, -0.25) is 0 Å². The van der Waals surface area contributed by atoms with Crippen LogP contribution < -0.4 is 10.6 Å². The van der Waals surface area contributed by atoms with Crippen LogP contribution in [-0.4, -0.2) is 41.4 Å². The second-order valence-corrected chi connectivity index (χ2v) is 5.35. The molecule has 1 aliphatic rings. The van der Waals surface area contributed by atoms with E-state index in [2.05, 4.69) is 24.5 Å². The van der Waals surface area contributed by atoms with E-state index in [-0.39, 0.29) is 11.6 Å². The van der Waals surface area contributed by atoms with Gasteiger partial charge in [-0.05, 0) is 32.1 Å². The average molecular weight is 286 g/mol. The van der Waals surface area contributed by atoms with Crippen LogP contribution in [0.2, 0.25) is 0 Å². The molecule has 0 aromatic carbocycles. The van der Waals surface area contributed by atoms with Crippen molar-refractivity contribution in [3.05, 3.63) is 0 Å². The largest absolute Gasteiger partial charge is 0.480 e. The van der Waals surface area contributed by atoms with Crippen LogP contribution in [0.1, 0.15) is 52.9 Å². The molecule has 1 saturated heterocycles. The maximum atomic E-state index is 11.8. The molecule has 1 rings (SSSR count). The van der Waals surface area contributed by atoms with E-state index in [0.29, 0.717) is 13.0 Å². The van der Waals surface area contributed by atoms with Crippen molar-refractivity contribution in [1.82, 2.24) is 10.6 Å². The molecule has 6 nitrogen and oxygen atoms in total. The van der Waals surface area contributed by atoms with Crippen LogP contribution >= 0.6 is 0 Å². The number of nitrogens with one attached hydrogen (secondary N) is 2. The normalized spacial score (nSPS) is 22.9. The predicted molar refractivity (Wildman–Crippen MR) is 75.7 cm³/mol. The molecule has 0 radical (unpaired) electrons. The molecule has 6 heteroatoms. The van der Waals surface area contributed by atoms with E-state index in [1.807, 2.05) is 0 Å². The fraction of sp³-hybridized carbons (Fsp3) is 0.857. The summed E-state index contributed by atoms with van der Waals surface area (Å²) >= 11 is 0. The Hall–Kier alpha value is -1.30. The molecule has 1 unspecified atom stereocenters. The molecular formula is C14H26N2O4. The fourth-order valence-corrected chi connectivity index (χ4v) is 2.62. The van der Waals surface area contributed by atoms with E-state index in [4.69, 9.17) is 9.84 Å². The van der Waals surface area contributed by atoms with Crippen molar-refractivity contribution in [2.24, 2.45) is 0 Å². The van der Waals surface area contributed by atoms with Crippen molar-refractivity contribution in [2.45, 2.75) is 70.6 Å². The Morgan fingerprint density at radius 3 is 2.50 bits per heavy atom. The van der Waals surface area contributed by atoms with Gasteiger partial charge in [0, 0.05) is 12.6 Å². The maximum absolute atomic E-state index is 11.8. The van der Waals surface area contributed by atoms with Gasteiger partial charge < -0.3 is 20.5 Å². The van der Waals surface area contributed by atoms with Crippen molar-refractivity contribution >= 4 is 12.0 Å². The summed E-state index contributed by atoms with van der Waals surface area (Å²) < 4.78 is 5.85. The van der Waals surface area contributed by atoms with Crippen LogP contribution in [0.3, 0.4) is 0 Å². The third kappa shape index (κ3) is 4.37. The molecule has 116 valence electrons. The van der Waals surface area contributed by atoms with Crippen molar-refractivity contribution in [2.75, 3.05) is 6.61 Å². The highest BCUT2D eigenvalue weighted by Crippen LogP contribution is 2.31. The van der Waals surface area contributed by atoms with Gasteiger partial charge in [0.1, 0.15) is 6.04 Å². The molecule has 20 heavy (non-hydrogen) atoms. The minimum Gasteiger partial charge on any atom is -0.480 e. The lowest BCUT2D eigenvalue weighted by molar-refractivity contribution is -0.139. The summed E-state index contributed by atoms with van der Waals surface area (Å²) in [4.78, 5) is 22.7. The first-order valence-electron chi connectivity index (χ1n) is 7.40. The van der Waals surface area contributed by atoms with Gasteiger partial charge in [0.25, 0.3) is 0 Å². The standard InChI is InChI=1S/C14H26N2O4/c1-4-11(12(17)18)16-13(19)15-10-7-8-20-14(5-2,6-3)9-10/h10-11H,4-9H2,1-3H3,(H,17,18)(H2,15,16,19)/t10?,11-/m1/s1. The Morgan fingerprint density at radius 1 is 1.35 bits per heavy atom. The third-order valence-corrected chi connectivity index (χ3v) is 4.13. The van der Waals surface area contributed by atoms with E-state index in [1.165, 1.54) is 0 Å². The maximum Gasteiger partial charge on any atom is 0.326 e. The number of hydrogen-bond acceptors (Lipinski definition) is 3. The van der Waals surface area contributed by atoms with Gasteiger partial charge in [0.05, 0.1) is 5.60 Å². The molecule has 2 atom stereocenters. The lowest BCUT2D eigenvalue weighted by Gasteiger charge is -2.40. The zero-order valence-electron chi connectivity index (χ0n) is 12.6. The Bertz CT molecular complexity index is 342. The predicted octanol–water partition coefficient (Wildman–Crippen LogP) is 1.89. The minimum atomic E-state index is -1.01. The molecule has 2 amide bonds. The summed E-state index contributed by atoms with van der Waals surface area (Å²) in [5, 5.41) is 14.3. The lowest BCUT2D eigenvalue weighted by atomic mass is 9.86. The van der Waals surface area contributed by atoms with Gasteiger partial charge >= 0.3 is 12.0 Å². The molecule has 0 aliphatic carbocycles. The van der Waals surface area contributed by atoms with Gasteiger partial charge in [0.15, 0.2) is 0 Å². The van der Waals surface area contributed by atoms with E-state index in [0.717, 1.165) is 25.7 Å². The molecule has 1 aliphatic heterocycles. The molecule has 1 heterocycles. The van der Waals surface area contributed by atoms with Crippen LogP contribution in [0.4, 0.5) is 4.79 Å². The number of carboxylic acid groups (broad SMARTS) is 1. The minimum absolute atomic E-state index is 0.0370. The second kappa shape index (κ2) is 7.47. The van der Waals surface area contributed by atoms with E-state index < -0.39 is 18.0 Å². The Morgan fingerprint density at radius 2 is 2.00 bits per heavy atom. The second-order valence-electron chi connectivity index (χ2n) is 5.35. The number of rotatable bonds is 6. The number of ether oxygens (including phenoxy) is 1. The van der Waals surface area contributed by atoms with Crippen LogP contribution in [0.15, 0.2) is 0 Å². The monoisotopic (exact) mass is 286 g/mol. The quantitative estimate of drug-likeness (QED) is 0.695. The van der Waals surface area contributed by atoms with Crippen LogP contribution in [0.5, 0.6) is 0 Å². The van der Waals surface area contributed by atoms with Gasteiger partial charge in [-0.15, -0.1) is 0 Å². The molecule has 0 saturated carbocycles. The van der Waals surface area contributed by atoms with Crippen molar-refractivity contribution < 1.29 is 19.4 Å². The number of urea groups is 1. The van der Waals surface area contributed by atoms with Gasteiger partial charge in [0.2, 0.25) is 0 Å². The number of carbonyl (C=O) groups excluding carboxylic acids is 1. The van der Waals surface area contributed by atoms with Crippen molar-refractivity contribution in [3.8, 4) is 0 Å². The van der Waals surface area contributed by atoms with Gasteiger partial charge in [-0.25, -0.2) is 9.59 Å². The van der Waals surface area contributed by atoms with Crippen molar-refractivity contribution in [3.63, 3.8) is 0 Å². The van der Waals surface area contributed by atoms with Crippen molar-refractivity contribution in [1.29, 1.82) is 0 Å². The third-order valence-electron chi connectivity index (χ3n) is 4.13. The Labute approximate surface area is 120 Å². The molecule has 1 fully saturated rings. The molecule has 0 bridgehead atoms. The Kier molecular flexibility index (Phi) is 6.26. The van der Waals surface area contributed by atoms with E-state index in [9.17, 15) is 9.59 Å². The molecule has 0 aromatic heterocycles. The fourth-order valence-electron chi connectivity index (χ4n) is 2.62. The van der Waals surface area contributed by atoms with Gasteiger partial charge in [-0.1, -0.05) is 20.8 Å². The van der Waals surface area contributed by atoms with Crippen LogP contribution in [-0.2, 0) is 9.53 Å². The number of hydrogen-bond donors (Lipinski definition) is 3. The summed E-state index contributed by atoms with van der Waals surface area (Å²) in [6.45, 7) is 6.53. The van der Waals surface area contributed by atoms with Crippen LogP contribution in [0.25, 0.3) is 0 Å². The molecule has 0 aromatic rings. The number of aliphatic carboxylic acids is 1. The first-order chi connectivity index (χ1) is 9.46. The highest BCUT2D eigenvalue weighted by Gasteiger charge is 2.35. The summed E-state index contributed by atoms with van der Waals surface area (Å²) in [6, 6.07) is -1.21. The SMILES string of the molecule is CC[C@@H](NC(=O)NC1CCOC(CC)(CC)C1)C(=O)O. The van der Waals surface area contributed by atoms with Gasteiger partial charge in [-0.2, -0.15) is 0 Å². The zero-order chi connectivity index (χ0) is 15.2. The number of carboxylic acids is 1. The first kappa shape index (κ1) is 16.8. The summed E-state index contributed by atoms with van der Waals surface area (Å²) in [5.74, 6) is -1.01. The zero-order valence-corrected chi connectivity index (χ0v) is 12.6. The molecule has 0 spiro atoms. The average Bonchev–Trinajstić information content (AvgIpc) is 2.44. The first-order valence-corrected chi connectivity index (χ1v) is 7.40. The smallest absolute Gasteiger partial charge is 0.326 e. The molecule has 3 N–H and O–H groups in total. The number of amides is 2. The Balaban J connectivity index is 2.51. The summed E-state index contributed by atoms with van der Waals surface area (Å²) in [5.41, 5.74) is -0.160. The molecular weight excluding hydrogens is 260 g/mol. The van der Waals surface area contributed by atoms with E-state index in [1.54, 1.807) is 6.92 Å². The van der Waals surface area contributed by atoms with Crippen LogP contribution in [0, 0.1) is 0 Å². The summed E-state index contributed by atoms with van der Waals surface area (Å²) in [6.07, 6.45) is 3.73.